The van der Waals surface area contributed by atoms with E-state index in [2.05, 4.69) is 15.5 Å². The van der Waals surface area contributed by atoms with Crippen molar-refractivity contribution in [1.82, 2.24) is 10.2 Å². The van der Waals surface area contributed by atoms with Gasteiger partial charge in [-0.2, -0.15) is 5.10 Å². The van der Waals surface area contributed by atoms with Crippen molar-refractivity contribution >= 4 is 41.1 Å². The van der Waals surface area contributed by atoms with E-state index in [1.807, 2.05) is 0 Å². The number of hydrogen-bond acceptors (Lipinski definition) is 5. The second kappa shape index (κ2) is 6.51. The fourth-order valence-corrected chi connectivity index (χ4v) is 1.72. The Kier molecular flexibility index (Phi) is 5.30. The molecule has 0 bridgehead atoms. The van der Waals surface area contributed by atoms with E-state index in [-0.39, 0.29) is 23.9 Å². The summed E-state index contributed by atoms with van der Waals surface area (Å²) in [5.41, 5.74) is 0.220. The zero-order chi connectivity index (χ0) is 12.8. The lowest BCUT2D eigenvalue weighted by Gasteiger charge is -2.04. The van der Waals surface area contributed by atoms with Crippen LogP contribution < -0.4 is 5.32 Å². The molecule has 6 nitrogen and oxygen atoms in total. The van der Waals surface area contributed by atoms with Gasteiger partial charge in [0, 0.05) is 0 Å². The smallest absolute Gasteiger partial charge is 0.344 e. The first-order valence-electron chi connectivity index (χ1n) is 4.79. The zero-order valence-electron chi connectivity index (χ0n) is 9.37. The van der Waals surface area contributed by atoms with Gasteiger partial charge in [-0.3, -0.25) is 9.89 Å². The van der Waals surface area contributed by atoms with Crippen LogP contribution in [-0.2, 0) is 9.53 Å². The number of H-pyrrole nitrogens is 1. The molecule has 2 N–H and O–H groups in total. The van der Waals surface area contributed by atoms with Crippen LogP contribution in [0.15, 0.2) is 5.03 Å². The Balaban J connectivity index is 3.01. The molecule has 1 aromatic rings. The van der Waals surface area contributed by atoms with E-state index >= 15 is 0 Å². The maximum absolute atomic E-state index is 11.7. The molecule has 0 saturated heterocycles. The van der Waals surface area contributed by atoms with E-state index in [4.69, 9.17) is 16.3 Å². The topological polar surface area (TPSA) is 84.1 Å². The van der Waals surface area contributed by atoms with Crippen LogP contribution in [0.3, 0.4) is 0 Å². The van der Waals surface area contributed by atoms with Gasteiger partial charge in [-0.25, -0.2) is 4.79 Å². The first kappa shape index (κ1) is 13.9. The van der Waals surface area contributed by atoms with Crippen molar-refractivity contribution in [2.75, 3.05) is 24.1 Å². The van der Waals surface area contributed by atoms with Crippen LogP contribution in [0.1, 0.15) is 17.3 Å². The first-order chi connectivity index (χ1) is 8.13. The molecule has 0 atom stereocenters. The van der Waals surface area contributed by atoms with Crippen molar-refractivity contribution in [2.45, 2.75) is 11.9 Å². The molecule has 0 aromatic carbocycles. The van der Waals surface area contributed by atoms with Crippen molar-refractivity contribution in [2.24, 2.45) is 0 Å². The second-order valence-electron chi connectivity index (χ2n) is 2.89. The molecule has 0 aliphatic carbocycles. The molecule has 1 aromatic heterocycles. The van der Waals surface area contributed by atoms with Gasteiger partial charge in [-0.05, 0) is 13.2 Å². The SMILES string of the molecule is CCOC(=O)c1c(SC)n[nH]c1NC(=O)CCl. The number of ether oxygens (including phenoxy) is 1. The number of esters is 1. The molecule has 0 unspecified atom stereocenters. The quantitative estimate of drug-likeness (QED) is 0.484. The van der Waals surface area contributed by atoms with Gasteiger partial charge in [0.1, 0.15) is 22.3 Å². The highest BCUT2D eigenvalue weighted by Gasteiger charge is 2.22. The average molecular weight is 278 g/mol. The van der Waals surface area contributed by atoms with Crippen LogP contribution in [0.2, 0.25) is 0 Å². The largest absolute Gasteiger partial charge is 0.462 e. The number of anilines is 1. The Morgan fingerprint density at radius 2 is 2.29 bits per heavy atom. The Labute approximate surface area is 107 Å². The molecular weight excluding hydrogens is 266 g/mol. The van der Waals surface area contributed by atoms with Crippen LogP contribution >= 0.6 is 23.4 Å². The molecule has 1 amide bonds. The molecule has 8 heteroatoms. The van der Waals surface area contributed by atoms with E-state index in [1.165, 1.54) is 11.8 Å². The fourth-order valence-electron chi connectivity index (χ4n) is 1.13. The average Bonchev–Trinajstić information content (AvgIpc) is 2.72. The summed E-state index contributed by atoms with van der Waals surface area (Å²) < 4.78 is 4.89. The molecule has 0 radical (unpaired) electrons. The number of rotatable bonds is 5. The van der Waals surface area contributed by atoms with E-state index in [0.29, 0.717) is 5.03 Å². The summed E-state index contributed by atoms with van der Waals surface area (Å²) in [7, 11) is 0. The van der Waals surface area contributed by atoms with Crippen LogP contribution in [0.4, 0.5) is 5.82 Å². The number of thioether (sulfide) groups is 1. The molecular formula is C9H12ClN3O3S. The lowest BCUT2D eigenvalue weighted by molar-refractivity contribution is -0.113. The molecule has 94 valence electrons. The van der Waals surface area contributed by atoms with Gasteiger partial charge in [-0.1, -0.05) is 0 Å². The standard InChI is InChI=1S/C9H12ClN3O3S/c1-3-16-9(15)6-7(11-5(14)4-10)12-13-8(6)17-2/h3-4H2,1-2H3,(H2,11,12,13,14). The third kappa shape index (κ3) is 3.37. The van der Waals surface area contributed by atoms with Crippen LogP contribution in [-0.4, -0.2) is 40.8 Å². The number of amides is 1. The van der Waals surface area contributed by atoms with Crippen molar-refractivity contribution in [1.29, 1.82) is 0 Å². The van der Waals surface area contributed by atoms with Gasteiger partial charge in [0.05, 0.1) is 6.61 Å². The highest BCUT2D eigenvalue weighted by molar-refractivity contribution is 7.98. The number of nitrogens with zero attached hydrogens (tertiary/aromatic N) is 1. The van der Waals surface area contributed by atoms with Crippen molar-refractivity contribution in [3.05, 3.63) is 5.56 Å². The van der Waals surface area contributed by atoms with Crippen LogP contribution in [0, 0.1) is 0 Å². The van der Waals surface area contributed by atoms with Crippen molar-refractivity contribution < 1.29 is 14.3 Å². The molecule has 17 heavy (non-hydrogen) atoms. The van der Waals surface area contributed by atoms with E-state index in [0.717, 1.165) is 0 Å². The lowest BCUT2D eigenvalue weighted by Crippen LogP contribution is -2.16. The Morgan fingerprint density at radius 1 is 1.59 bits per heavy atom. The monoisotopic (exact) mass is 277 g/mol. The number of hydrogen-bond donors (Lipinski definition) is 2. The Morgan fingerprint density at radius 3 is 2.82 bits per heavy atom. The highest BCUT2D eigenvalue weighted by atomic mass is 35.5. The second-order valence-corrected chi connectivity index (χ2v) is 3.95. The first-order valence-corrected chi connectivity index (χ1v) is 6.55. The summed E-state index contributed by atoms with van der Waals surface area (Å²) in [4.78, 5) is 22.9. The predicted molar refractivity (Wildman–Crippen MR) is 65.7 cm³/mol. The van der Waals surface area contributed by atoms with Crippen LogP contribution in [0.5, 0.6) is 0 Å². The minimum Gasteiger partial charge on any atom is -0.462 e. The Hall–Kier alpha value is -1.21. The van der Waals surface area contributed by atoms with E-state index in [9.17, 15) is 9.59 Å². The Bertz CT molecular complexity index is 422. The molecule has 0 spiro atoms. The highest BCUT2D eigenvalue weighted by Crippen LogP contribution is 2.25. The summed E-state index contributed by atoms with van der Waals surface area (Å²) in [6, 6.07) is 0. The number of aromatic amines is 1. The number of aromatic nitrogens is 2. The third-order valence-electron chi connectivity index (χ3n) is 1.79. The van der Waals surface area contributed by atoms with Gasteiger partial charge in [0.15, 0.2) is 0 Å². The number of halogens is 1. The molecule has 1 rings (SSSR count). The van der Waals surface area contributed by atoms with Crippen molar-refractivity contribution in [3.8, 4) is 0 Å². The molecule has 0 aliphatic rings. The maximum Gasteiger partial charge on any atom is 0.344 e. The van der Waals surface area contributed by atoms with Gasteiger partial charge in [-0.15, -0.1) is 23.4 Å². The molecule has 0 fully saturated rings. The minimum atomic E-state index is -0.532. The number of alkyl halides is 1. The summed E-state index contributed by atoms with van der Waals surface area (Å²) in [5, 5.41) is 9.39. The van der Waals surface area contributed by atoms with Gasteiger partial charge >= 0.3 is 5.97 Å². The summed E-state index contributed by atoms with van der Waals surface area (Å²) in [6.45, 7) is 1.95. The number of carbonyl (C=O) groups is 2. The maximum atomic E-state index is 11.7. The fraction of sp³-hybridized carbons (Fsp3) is 0.444. The van der Waals surface area contributed by atoms with Crippen molar-refractivity contribution in [3.63, 3.8) is 0 Å². The van der Waals surface area contributed by atoms with Gasteiger partial charge < -0.3 is 10.1 Å². The molecule has 1 heterocycles. The van der Waals surface area contributed by atoms with Crippen LogP contribution in [0.25, 0.3) is 0 Å². The van der Waals surface area contributed by atoms with E-state index < -0.39 is 11.9 Å². The summed E-state index contributed by atoms with van der Waals surface area (Å²) in [6.07, 6.45) is 1.77. The summed E-state index contributed by atoms with van der Waals surface area (Å²) >= 11 is 6.65. The number of carbonyl (C=O) groups excluding carboxylic acids is 2. The predicted octanol–water partition coefficient (Wildman–Crippen LogP) is 1.49. The molecule has 0 saturated carbocycles. The van der Waals surface area contributed by atoms with Gasteiger partial charge in [0.2, 0.25) is 5.91 Å². The minimum absolute atomic E-state index is 0.199. The summed E-state index contributed by atoms with van der Waals surface area (Å²) in [5.74, 6) is -0.946. The lowest BCUT2D eigenvalue weighted by atomic mass is 10.3. The number of nitrogens with one attached hydrogen (secondary N) is 2. The third-order valence-corrected chi connectivity index (χ3v) is 2.72. The zero-order valence-corrected chi connectivity index (χ0v) is 10.9. The normalized spacial score (nSPS) is 10.1. The van der Waals surface area contributed by atoms with Gasteiger partial charge in [0.25, 0.3) is 0 Å². The molecule has 0 aliphatic heterocycles. The van der Waals surface area contributed by atoms with E-state index in [1.54, 1.807) is 13.2 Å².